The summed E-state index contributed by atoms with van der Waals surface area (Å²) in [5, 5.41) is 31.2. The van der Waals surface area contributed by atoms with Gasteiger partial charge in [-0.25, -0.2) is 0 Å². The van der Waals surface area contributed by atoms with E-state index in [9.17, 15) is 24.9 Å². The number of aliphatic carboxylic acids is 2. The summed E-state index contributed by atoms with van der Waals surface area (Å²) in [6, 6.07) is 0. The zero-order valence-corrected chi connectivity index (χ0v) is 15.0. The first-order chi connectivity index (χ1) is 11.6. The summed E-state index contributed by atoms with van der Waals surface area (Å²) < 4.78 is 0. The maximum Gasteiger partial charge on any atom is 0.309 e. The van der Waals surface area contributed by atoms with Crippen LogP contribution >= 0.6 is 0 Å². The van der Waals surface area contributed by atoms with Crippen molar-refractivity contribution >= 4 is 11.9 Å². The quantitative estimate of drug-likeness (QED) is 0.667. The number of aliphatic hydroxyl groups is 1. The second kappa shape index (κ2) is 4.87. The molecule has 0 heterocycles. The zero-order chi connectivity index (χ0) is 18.4. The van der Waals surface area contributed by atoms with Gasteiger partial charge in [0.2, 0.25) is 0 Å². The second-order valence-electron chi connectivity index (χ2n) is 9.63. The third-order valence-electron chi connectivity index (χ3n) is 8.52. The molecule has 4 aliphatic rings. The summed E-state index contributed by atoms with van der Waals surface area (Å²) in [6.45, 7) is 7.96. The van der Waals surface area contributed by atoms with Crippen molar-refractivity contribution in [3.8, 4) is 0 Å². The molecule has 0 aromatic rings. The van der Waals surface area contributed by atoms with E-state index in [1.165, 1.54) is 0 Å². The van der Waals surface area contributed by atoms with Crippen LogP contribution in [0.4, 0.5) is 0 Å². The van der Waals surface area contributed by atoms with Crippen LogP contribution in [0.1, 0.15) is 52.4 Å². The molecular formula is C20H28O5. The van der Waals surface area contributed by atoms with E-state index < -0.39 is 46.1 Å². The van der Waals surface area contributed by atoms with Crippen LogP contribution in [0.3, 0.4) is 0 Å². The number of carboxylic acids is 2. The molecule has 2 bridgehead atoms. The van der Waals surface area contributed by atoms with Gasteiger partial charge in [0.25, 0.3) is 0 Å². The van der Waals surface area contributed by atoms with Crippen LogP contribution in [0.25, 0.3) is 0 Å². The summed E-state index contributed by atoms with van der Waals surface area (Å²) in [6.07, 6.45) is 3.52. The highest BCUT2D eigenvalue weighted by Gasteiger charge is 2.76. The van der Waals surface area contributed by atoms with Gasteiger partial charge in [0, 0.05) is 0 Å². The summed E-state index contributed by atoms with van der Waals surface area (Å²) in [4.78, 5) is 24.7. The molecular weight excluding hydrogens is 320 g/mol. The van der Waals surface area contributed by atoms with Gasteiger partial charge in [0.05, 0.1) is 17.4 Å². The number of hydrogen-bond donors (Lipinski definition) is 3. The molecule has 8 atom stereocenters. The standard InChI is InChI=1S/C20H28O5/c1-10-8-20-9-11(10)7-12(21)14(20)18(2)5-4-6-19(3,17(24)25)15(18)13(20)16(22)23/h11-15,21H,1,4-9H2,2-3H3,(H,22,23)(H,24,25)/t11-,12-,13-,14+,15+,18+,19-,20-/m1/s1. The Bertz CT molecular complexity index is 671. The monoisotopic (exact) mass is 348 g/mol. The van der Waals surface area contributed by atoms with Crippen molar-refractivity contribution in [2.45, 2.75) is 58.5 Å². The molecule has 0 radical (unpaired) electrons. The molecule has 4 rings (SSSR count). The van der Waals surface area contributed by atoms with Gasteiger partial charge in [-0.3, -0.25) is 9.59 Å². The van der Waals surface area contributed by atoms with E-state index in [1.807, 2.05) is 0 Å². The van der Waals surface area contributed by atoms with Gasteiger partial charge >= 0.3 is 11.9 Å². The zero-order valence-electron chi connectivity index (χ0n) is 15.0. The number of hydrogen-bond acceptors (Lipinski definition) is 3. The molecule has 3 N–H and O–H groups in total. The molecule has 5 nitrogen and oxygen atoms in total. The van der Waals surface area contributed by atoms with Crippen LogP contribution in [-0.4, -0.2) is 33.4 Å². The molecule has 0 aromatic carbocycles. The number of carbonyl (C=O) groups is 2. The van der Waals surface area contributed by atoms with E-state index >= 15 is 0 Å². The highest BCUT2D eigenvalue weighted by Crippen LogP contribution is 2.77. The van der Waals surface area contributed by atoms with E-state index in [0.717, 1.165) is 24.8 Å². The lowest BCUT2D eigenvalue weighted by Crippen LogP contribution is -2.51. The molecule has 5 heteroatoms. The topological polar surface area (TPSA) is 94.8 Å². The van der Waals surface area contributed by atoms with Crippen molar-refractivity contribution in [3.05, 3.63) is 12.2 Å². The van der Waals surface area contributed by atoms with Crippen LogP contribution in [-0.2, 0) is 9.59 Å². The van der Waals surface area contributed by atoms with E-state index in [0.29, 0.717) is 19.3 Å². The Morgan fingerprint density at radius 2 is 1.84 bits per heavy atom. The van der Waals surface area contributed by atoms with E-state index in [2.05, 4.69) is 13.5 Å². The van der Waals surface area contributed by atoms with Crippen molar-refractivity contribution in [1.82, 2.24) is 0 Å². The van der Waals surface area contributed by atoms with Crippen molar-refractivity contribution in [1.29, 1.82) is 0 Å². The first kappa shape index (κ1) is 17.1. The highest BCUT2D eigenvalue weighted by molar-refractivity contribution is 5.79. The minimum atomic E-state index is -1.05. The number of fused-ring (bicyclic) bond motifs is 3. The SMILES string of the molecule is C=C1C[C@]23C[C@H]1C[C@@H](O)[C@H]2[C@]1(C)CCC[C@@](C)(C(=O)O)[C@H]1[C@@H]3C(=O)O. The maximum absolute atomic E-state index is 12.5. The molecule has 0 aromatic heterocycles. The average molecular weight is 348 g/mol. The number of aliphatic hydroxyl groups excluding tert-OH is 1. The summed E-state index contributed by atoms with van der Waals surface area (Å²) in [5.41, 5.74) is -0.997. The van der Waals surface area contributed by atoms with Crippen molar-refractivity contribution in [2.24, 2.45) is 39.9 Å². The molecule has 138 valence electrons. The smallest absolute Gasteiger partial charge is 0.309 e. The van der Waals surface area contributed by atoms with Crippen molar-refractivity contribution in [2.75, 3.05) is 0 Å². The third kappa shape index (κ3) is 1.83. The first-order valence-electron chi connectivity index (χ1n) is 9.40. The fourth-order valence-corrected chi connectivity index (χ4v) is 8.00. The minimum absolute atomic E-state index is 0.152. The summed E-state index contributed by atoms with van der Waals surface area (Å²) in [5.74, 6) is -2.94. The predicted octanol–water partition coefficient (Wildman–Crippen LogP) is 2.93. The Balaban J connectivity index is 1.96. The third-order valence-corrected chi connectivity index (χ3v) is 8.52. The predicted molar refractivity (Wildman–Crippen MR) is 90.7 cm³/mol. The van der Waals surface area contributed by atoms with Crippen molar-refractivity contribution < 1.29 is 24.9 Å². The second-order valence-corrected chi connectivity index (χ2v) is 9.63. The molecule has 0 unspecified atom stereocenters. The summed E-state index contributed by atoms with van der Waals surface area (Å²) in [7, 11) is 0. The molecule has 25 heavy (non-hydrogen) atoms. The molecule has 4 aliphatic carbocycles. The highest BCUT2D eigenvalue weighted by atomic mass is 16.4. The van der Waals surface area contributed by atoms with Crippen LogP contribution in [0.15, 0.2) is 12.2 Å². The fraction of sp³-hybridized carbons (Fsp3) is 0.800. The van der Waals surface area contributed by atoms with Gasteiger partial charge < -0.3 is 15.3 Å². The Hall–Kier alpha value is -1.36. The van der Waals surface area contributed by atoms with Gasteiger partial charge in [0.1, 0.15) is 0 Å². The van der Waals surface area contributed by atoms with Gasteiger partial charge in [-0.2, -0.15) is 0 Å². The Kier molecular flexibility index (Phi) is 3.33. The molecule has 0 amide bonds. The van der Waals surface area contributed by atoms with E-state index in [4.69, 9.17) is 0 Å². The van der Waals surface area contributed by atoms with E-state index in [1.54, 1.807) is 6.92 Å². The first-order valence-corrected chi connectivity index (χ1v) is 9.40. The van der Waals surface area contributed by atoms with Crippen LogP contribution < -0.4 is 0 Å². The Morgan fingerprint density at radius 1 is 1.16 bits per heavy atom. The Morgan fingerprint density at radius 3 is 2.44 bits per heavy atom. The average Bonchev–Trinajstić information content (AvgIpc) is 2.88. The van der Waals surface area contributed by atoms with Crippen LogP contribution in [0, 0.1) is 39.9 Å². The molecule has 1 spiro atoms. The normalized spacial score (nSPS) is 54.0. The van der Waals surface area contributed by atoms with Gasteiger partial charge in [-0.1, -0.05) is 25.5 Å². The Labute approximate surface area is 148 Å². The van der Waals surface area contributed by atoms with Gasteiger partial charge in [-0.15, -0.1) is 0 Å². The molecule has 0 saturated heterocycles. The number of allylic oxidation sites excluding steroid dienone is 1. The fourth-order valence-electron chi connectivity index (χ4n) is 8.00. The molecule has 4 fully saturated rings. The van der Waals surface area contributed by atoms with Gasteiger partial charge in [0.15, 0.2) is 0 Å². The maximum atomic E-state index is 12.5. The lowest BCUT2D eigenvalue weighted by Gasteiger charge is -2.51. The largest absolute Gasteiger partial charge is 0.481 e. The molecule has 4 saturated carbocycles. The van der Waals surface area contributed by atoms with Crippen LogP contribution in [0.5, 0.6) is 0 Å². The lowest BCUT2D eigenvalue weighted by atomic mass is 9.53. The van der Waals surface area contributed by atoms with E-state index in [-0.39, 0.29) is 11.8 Å². The minimum Gasteiger partial charge on any atom is -0.481 e. The van der Waals surface area contributed by atoms with Gasteiger partial charge in [-0.05, 0) is 67.6 Å². The number of rotatable bonds is 2. The summed E-state index contributed by atoms with van der Waals surface area (Å²) >= 11 is 0. The van der Waals surface area contributed by atoms with Crippen LogP contribution in [0.2, 0.25) is 0 Å². The van der Waals surface area contributed by atoms with Crippen molar-refractivity contribution in [3.63, 3.8) is 0 Å². The lowest BCUT2D eigenvalue weighted by molar-refractivity contribution is -0.166. The molecule has 0 aliphatic heterocycles. The number of carboxylic acid groups (broad SMARTS) is 2.